The lowest BCUT2D eigenvalue weighted by molar-refractivity contribution is 0.0695. The van der Waals surface area contributed by atoms with Crippen molar-refractivity contribution in [2.24, 2.45) is 0 Å². The molecule has 3 aromatic rings. The maximum absolute atomic E-state index is 11.4. The van der Waals surface area contributed by atoms with Crippen molar-refractivity contribution in [1.29, 1.82) is 0 Å². The fraction of sp³-hybridized carbons (Fsp3) is 0.348. The Balaban J connectivity index is 0.000000515. The van der Waals surface area contributed by atoms with E-state index < -0.39 is 5.97 Å². The van der Waals surface area contributed by atoms with Gasteiger partial charge in [0.15, 0.2) is 0 Å². The summed E-state index contributed by atoms with van der Waals surface area (Å²) in [6.45, 7) is 14.0. The molecule has 0 radical (unpaired) electrons. The maximum atomic E-state index is 11.4. The van der Waals surface area contributed by atoms with Crippen LogP contribution < -0.4 is 0 Å². The largest absolute Gasteiger partial charge is 0.478 e. The summed E-state index contributed by atoms with van der Waals surface area (Å²) in [5.41, 5.74) is 4.09. The van der Waals surface area contributed by atoms with Crippen molar-refractivity contribution in [2.45, 2.75) is 54.4 Å². The Hall–Kier alpha value is -2.55. The summed E-state index contributed by atoms with van der Waals surface area (Å²) in [6, 6.07) is 13.3. The average molecular weight is 354 g/mol. The molecule has 3 nitrogen and oxygen atoms in total. The van der Waals surface area contributed by atoms with Gasteiger partial charge in [0, 0.05) is 22.4 Å². The van der Waals surface area contributed by atoms with Gasteiger partial charge in [-0.3, -0.25) is 0 Å². The third-order valence-electron chi connectivity index (χ3n) is 4.08. The Morgan fingerprint density at radius 1 is 0.885 bits per heavy atom. The van der Waals surface area contributed by atoms with Crippen LogP contribution in [0.2, 0.25) is 0 Å². The van der Waals surface area contributed by atoms with E-state index in [9.17, 15) is 9.90 Å². The zero-order valence-corrected chi connectivity index (χ0v) is 16.9. The van der Waals surface area contributed by atoms with Crippen LogP contribution in [0.5, 0.6) is 0 Å². The summed E-state index contributed by atoms with van der Waals surface area (Å²) in [4.78, 5) is 11.4. The summed E-state index contributed by atoms with van der Waals surface area (Å²) in [5, 5.41) is 10.4. The highest BCUT2D eigenvalue weighted by Gasteiger charge is 2.34. The molecule has 3 heteroatoms. The van der Waals surface area contributed by atoms with E-state index >= 15 is 0 Å². The van der Waals surface area contributed by atoms with Gasteiger partial charge in [-0.2, -0.15) is 0 Å². The average Bonchev–Trinajstić information content (AvgIpc) is 3.22. The van der Waals surface area contributed by atoms with Crippen LogP contribution in [0.4, 0.5) is 0 Å². The zero-order valence-electron chi connectivity index (χ0n) is 16.9. The molecule has 4 rings (SSSR count). The van der Waals surface area contributed by atoms with Crippen LogP contribution in [-0.4, -0.2) is 11.1 Å². The highest BCUT2D eigenvalue weighted by molar-refractivity contribution is 5.98. The number of hydrogen-bond acceptors (Lipinski definition) is 2. The number of carboxylic acid groups (broad SMARTS) is 1. The van der Waals surface area contributed by atoms with Gasteiger partial charge >= 0.3 is 5.97 Å². The Morgan fingerprint density at radius 3 is 2.12 bits per heavy atom. The van der Waals surface area contributed by atoms with Crippen LogP contribution in [-0.2, 0) is 0 Å². The minimum atomic E-state index is -0.886. The molecule has 1 atom stereocenters. The van der Waals surface area contributed by atoms with Crippen LogP contribution in [0.3, 0.4) is 0 Å². The Morgan fingerprint density at radius 2 is 1.50 bits per heavy atom. The minimum absolute atomic E-state index is 0.0379. The van der Waals surface area contributed by atoms with E-state index in [2.05, 4.69) is 0 Å². The van der Waals surface area contributed by atoms with E-state index in [0.717, 1.165) is 33.4 Å². The van der Waals surface area contributed by atoms with Crippen LogP contribution in [0.1, 0.15) is 75.9 Å². The van der Waals surface area contributed by atoms with Gasteiger partial charge in [-0.25, -0.2) is 4.79 Å². The van der Waals surface area contributed by atoms with Crippen molar-refractivity contribution >= 4 is 16.9 Å². The molecule has 1 N–H and O–H groups in total. The van der Waals surface area contributed by atoms with Gasteiger partial charge in [0.1, 0.15) is 11.3 Å². The third kappa shape index (κ3) is 3.52. The van der Waals surface area contributed by atoms with Crippen LogP contribution in [0.15, 0.2) is 46.9 Å². The minimum Gasteiger partial charge on any atom is -0.478 e. The second-order valence-electron chi connectivity index (χ2n) is 5.13. The highest BCUT2D eigenvalue weighted by atomic mass is 16.4. The number of furan rings is 1. The molecular weight excluding hydrogens is 324 g/mol. The second-order valence-corrected chi connectivity index (χ2v) is 5.13. The van der Waals surface area contributed by atoms with Gasteiger partial charge in [-0.05, 0) is 17.7 Å². The topological polar surface area (TPSA) is 50.4 Å². The van der Waals surface area contributed by atoms with Gasteiger partial charge in [0.2, 0.25) is 0 Å². The summed E-state index contributed by atoms with van der Waals surface area (Å²) in [6.07, 6.45) is 0. The van der Waals surface area contributed by atoms with Crippen molar-refractivity contribution in [1.82, 2.24) is 0 Å². The highest BCUT2D eigenvalue weighted by Crippen LogP contribution is 2.50. The number of fused-ring (bicyclic) bond motifs is 5. The molecule has 0 aliphatic heterocycles. The van der Waals surface area contributed by atoms with E-state index in [4.69, 9.17) is 4.42 Å². The maximum Gasteiger partial charge on any atom is 0.336 e. The first kappa shape index (κ1) is 21.5. The van der Waals surface area contributed by atoms with Crippen molar-refractivity contribution in [3.05, 3.63) is 59.2 Å². The molecular formula is C23H30O3. The molecule has 0 saturated carbocycles. The number of carboxylic acids is 1. The Bertz CT molecular complexity index is 859. The predicted molar refractivity (Wildman–Crippen MR) is 110 cm³/mol. The van der Waals surface area contributed by atoms with Crippen molar-refractivity contribution in [2.75, 3.05) is 0 Å². The fourth-order valence-electron chi connectivity index (χ4n) is 3.26. The van der Waals surface area contributed by atoms with Gasteiger partial charge < -0.3 is 9.52 Å². The molecule has 1 heterocycles. The molecule has 0 fully saturated rings. The van der Waals surface area contributed by atoms with Crippen LogP contribution >= 0.6 is 0 Å². The predicted octanol–water partition coefficient (Wildman–Crippen LogP) is 7.34. The first-order valence-corrected chi connectivity index (χ1v) is 9.56. The number of benzene rings is 2. The van der Waals surface area contributed by atoms with Gasteiger partial charge in [0.25, 0.3) is 0 Å². The van der Waals surface area contributed by atoms with E-state index in [-0.39, 0.29) is 5.92 Å². The third-order valence-corrected chi connectivity index (χ3v) is 4.08. The summed E-state index contributed by atoms with van der Waals surface area (Å²) >= 11 is 0. The Kier molecular flexibility index (Phi) is 8.11. The number of hydrogen-bond donors (Lipinski definition) is 1. The molecule has 0 bridgehead atoms. The zero-order chi connectivity index (χ0) is 19.9. The molecule has 140 valence electrons. The van der Waals surface area contributed by atoms with E-state index in [1.165, 1.54) is 0 Å². The van der Waals surface area contributed by atoms with Crippen molar-refractivity contribution in [3.63, 3.8) is 0 Å². The molecule has 2 aromatic carbocycles. The van der Waals surface area contributed by atoms with Gasteiger partial charge in [-0.15, -0.1) is 0 Å². The molecule has 1 unspecified atom stereocenters. The van der Waals surface area contributed by atoms with Gasteiger partial charge in [-0.1, -0.05) is 78.8 Å². The van der Waals surface area contributed by atoms with E-state index in [1.54, 1.807) is 12.1 Å². The lowest BCUT2D eigenvalue weighted by atomic mass is 9.93. The molecule has 1 aromatic heterocycles. The normalized spacial score (nSPS) is 13.1. The first-order chi connectivity index (χ1) is 12.7. The van der Waals surface area contributed by atoms with Crippen molar-refractivity contribution < 1.29 is 14.3 Å². The van der Waals surface area contributed by atoms with Crippen LogP contribution in [0.25, 0.3) is 22.3 Å². The lowest BCUT2D eigenvalue weighted by Crippen LogP contribution is -2.03. The first-order valence-electron chi connectivity index (χ1n) is 9.56. The molecule has 26 heavy (non-hydrogen) atoms. The molecule has 0 saturated heterocycles. The molecule has 1 aliphatic carbocycles. The molecule has 0 spiro atoms. The fourth-order valence-corrected chi connectivity index (χ4v) is 3.26. The smallest absolute Gasteiger partial charge is 0.336 e. The molecule has 0 amide bonds. The second kappa shape index (κ2) is 9.81. The summed E-state index contributed by atoms with van der Waals surface area (Å²) in [7, 11) is 0. The standard InChI is InChI=1S/C17H12O3.3C2H6/c1-9-14-11(6-4-7-12(14)17(18)19)16-15(9)10-5-2-3-8-13(10)20-16;3*1-2/h2-9H,1H3,(H,18,19);3*1-2H3. The lowest BCUT2D eigenvalue weighted by Gasteiger charge is -2.09. The quantitative estimate of drug-likeness (QED) is 0.497. The number of aromatic carboxylic acids is 1. The number of rotatable bonds is 1. The summed E-state index contributed by atoms with van der Waals surface area (Å²) in [5.74, 6) is -0.0316. The van der Waals surface area contributed by atoms with Crippen LogP contribution in [0, 0.1) is 0 Å². The number of para-hydroxylation sites is 1. The van der Waals surface area contributed by atoms with Crippen molar-refractivity contribution in [3.8, 4) is 11.3 Å². The molecule has 1 aliphatic rings. The Labute approximate surface area is 156 Å². The van der Waals surface area contributed by atoms with E-state index in [1.807, 2.05) is 78.8 Å². The number of carbonyl (C=O) groups is 1. The summed E-state index contributed by atoms with van der Waals surface area (Å²) < 4.78 is 5.95. The SMILES string of the molecule is CC.CC.CC.CC1c2c(C(=O)O)cccc2-c2oc3ccccc3c21. The van der Waals surface area contributed by atoms with E-state index in [0.29, 0.717) is 5.56 Å². The monoisotopic (exact) mass is 354 g/mol. The van der Waals surface area contributed by atoms with Gasteiger partial charge in [0.05, 0.1) is 5.56 Å².